The van der Waals surface area contributed by atoms with Crippen molar-refractivity contribution in [3.8, 4) is 17.0 Å². The van der Waals surface area contributed by atoms with Crippen LogP contribution in [0.1, 0.15) is 40.9 Å². The number of nitrogens with one attached hydrogen (secondary N) is 1. The van der Waals surface area contributed by atoms with E-state index in [1.165, 1.54) is 0 Å². The molecule has 0 spiro atoms. The van der Waals surface area contributed by atoms with Crippen LogP contribution >= 0.6 is 0 Å². The van der Waals surface area contributed by atoms with Gasteiger partial charge in [-0.05, 0) is 69.3 Å². The standard InChI is InChI=1S/C28H31N5O2/c1-18-9-10-22(35-17-21-11-12-32(21)3)13-24(18)28(34)30-19(2)25-14-27(20-15-29-33(4)16-20)31-26-8-6-5-7-23(25)26/h5-10,13-16,19,21H,11-12,17H2,1-4H3,(H,30,34)/t19-,21+/m1/s1. The average Bonchev–Trinajstić information content (AvgIpc) is 3.29. The zero-order chi connectivity index (χ0) is 24.5. The molecule has 2 aromatic carbocycles. The van der Waals surface area contributed by atoms with Crippen LogP contribution in [0.4, 0.5) is 0 Å². The number of ether oxygens (including phenoxy) is 1. The number of likely N-dealkylation sites (N-methyl/N-ethyl adjacent to an activating group) is 1. The third-order valence-corrected chi connectivity index (χ3v) is 6.90. The number of hydrogen-bond donors (Lipinski definition) is 1. The average molecular weight is 470 g/mol. The van der Waals surface area contributed by atoms with Crippen LogP contribution in [-0.4, -0.2) is 51.8 Å². The maximum atomic E-state index is 13.3. The summed E-state index contributed by atoms with van der Waals surface area (Å²) in [5.74, 6) is 0.604. The Morgan fingerprint density at radius 3 is 2.74 bits per heavy atom. The highest BCUT2D eigenvalue weighted by molar-refractivity contribution is 5.96. The van der Waals surface area contributed by atoms with Gasteiger partial charge < -0.3 is 10.1 Å². The number of likely N-dealkylation sites (tertiary alicyclic amines) is 1. The van der Waals surface area contributed by atoms with Gasteiger partial charge in [0.2, 0.25) is 0 Å². The van der Waals surface area contributed by atoms with Crippen LogP contribution in [0, 0.1) is 6.92 Å². The van der Waals surface area contributed by atoms with Crippen LogP contribution in [0.15, 0.2) is 60.9 Å². The largest absolute Gasteiger partial charge is 0.492 e. The molecule has 1 N–H and O–H groups in total. The summed E-state index contributed by atoms with van der Waals surface area (Å²) in [7, 11) is 3.99. The van der Waals surface area contributed by atoms with Gasteiger partial charge in [0.05, 0.1) is 23.4 Å². The van der Waals surface area contributed by atoms with E-state index in [9.17, 15) is 4.79 Å². The number of aryl methyl sites for hydroxylation is 2. The Balaban J connectivity index is 1.39. The summed E-state index contributed by atoms with van der Waals surface area (Å²) in [6.07, 6.45) is 4.90. The monoisotopic (exact) mass is 469 g/mol. The predicted molar refractivity (Wildman–Crippen MR) is 138 cm³/mol. The zero-order valence-electron chi connectivity index (χ0n) is 20.7. The molecule has 1 amide bonds. The molecule has 0 bridgehead atoms. The van der Waals surface area contributed by atoms with Crippen LogP contribution in [-0.2, 0) is 7.05 Å². The van der Waals surface area contributed by atoms with Crippen molar-refractivity contribution in [1.29, 1.82) is 0 Å². The number of nitrogens with zero attached hydrogens (tertiary/aromatic N) is 4. The second kappa shape index (κ2) is 9.50. The molecule has 0 saturated carbocycles. The molecule has 2 atom stereocenters. The van der Waals surface area contributed by atoms with Crippen molar-refractivity contribution in [3.05, 3.63) is 77.6 Å². The van der Waals surface area contributed by atoms with Gasteiger partial charge >= 0.3 is 0 Å². The van der Waals surface area contributed by atoms with E-state index in [1.807, 2.05) is 75.6 Å². The van der Waals surface area contributed by atoms with Crippen molar-refractivity contribution in [2.24, 2.45) is 7.05 Å². The number of carbonyl (C=O) groups excluding carboxylic acids is 1. The van der Waals surface area contributed by atoms with Gasteiger partial charge in [-0.3, -0.25) is 14.4 Å². The number of rotatable bonds is 7. The lowest BCUT2D eigenvalue weighted by atomic mass is 9.99. The molecule has 4 aromatic rings. The Morgan fingerprint density at radius 2 is 2.03 bits per heavy atom. The van der Waals surface area contributed by atoms with Crippen LogP contribution in [0.5, 0.6) is 5.75 Å². The molecule has 3 heterocycles. The number of fused-ring (bicyclic) bond motifs is 1. The van der Waals surface area contributed by atoms with Gasteiger partial charge in [0.15, 0.2) is 0 Å². The van der Waals surface area contributed by atoms with E-state index >= 15 is 0 Å². The van der Waals surface area contributed by atoms with E-state index in [1.54, 1.807) is 10.9 Å². The van der Waals surface area contributed by atoms with Crippen LogP contribution in [0.3, 0.4) is 0 Å². The molecule has 1 fully saturated rings. The molecular weight excluding hydrogens is 438 g/mol. The number of benzene rings is 2. The van der Waals surface area contributed by atoms with Gasteiger partial charge in [-0.25, -0.2) is 4.98 Å². The summed E-state index contributed by atoms with van der Waals surface area (Å²) >= 11 is 0. The lowest BCUT2D eigenvalue weighted by Crippen LogP contribution is -2.48. The number of amides is 1. The Kier molecular flexibility index (Phi) is 6.26. The summed E-state index contributed by atoms with van der Waals surface area (Å²) in [4.78, 5) is 20.5. The molecule has 5 rings (SSSR count). The second-order valence-electron chi connectivity index (χ2n) is 9.42. The quantitative estimate of drug-likeness (QED) is 0.431. The first-order valence-electron chi connectivity index (χ1n) is 12.0. The van der Waals surface area contributed by atoms with Crippen molar-refractivity contribution in [2.45, 2.75) is 32.4 Å². The molecule has 7 nitrogen and oxygen atoms in total. The van der Waals surface area contributed by atoms with Crippen molar-refractivity contribution in [1.82, 2.24) is 25.0 Å². The van der Waals surface area contributed by atoms with Crippen molar-refractivity contribution < 1.29 is 9.53 Å². The summed E-state index contributed by atoms with van der Waals surface area (Å²) in [5, 5.41) is 8.50. The first kappa shape index (κ1) is 23.1. The SMILES string of the molecule is Cc1ccc(OC[C@@H]2CCN2C)cc1C(=O)N[C@H](C)c1cc(-c2cnn(C)c2)nc2ccccc12. The molecule has 35 heavy (non-hydrogen) atoms. The fourth-order valence-corrected chi connectivity index (χ4v) is 4.52. The van der Waals surface area contributed by atoms with E-state index in [-0.39, 0.29) is 11.9 Å². The minimum absolute atomic E-state index is 0.120. The first-order chi connectivity index (χ1) is 16.9. The fourth-order valence-electron chi connectivity index (χ4n) is 4.52. The highest BCUT2D eigenvalue weighted by Gasteiger charge is 2.25. The lowest BCUT2D eigenvalue weighted by molar-refractivity contribution is 0.0767. The van der Waals surface area contributed by atoms with Crippen molar-refractivity contribution in [3.63, 3.8) is 0 Å². The Labute approximate surface area is 205 Å². The lowest BCUT2D eigenvalue weighted by Gasteiger charge is -2.37. The topological polar surface area (TPSA) is 72.3 Å². The number of para-hydroxylation sites is 1. The summed E-state index contributed by atoms with van der Waals surface area (Å²) in [6.45, 7) is 5.71. The maximum absolute atomic E-state index is 13.3. The van der Waals surface area contributed by atoms with Gasteiger partial charge in [0.25, 0.3) is 5.91 Å². The molecule has 2 aromatic heterocycles. The Morgan fingerprint density at radius 1 is 1.20 bits per heavy atom. The number of hydrogen-bond acceptors (Lipinski definition) is 5. The molecule has 0 unspecified atom stereocenters. The first-order valence-corrected chi connectivity index (χ1v) is 12.0. The molecule has 0 radical (unpaired) electrons. The van der Waals surface area contributed by atoms with Crippen molar-refractivity contribution in [2.75, 3.05) is 20.2 Å². The normalized spacial score (nSPS) is 16.6. The number of carbonyl (C=O) groups is 1. The van der Waals surface area contributed by atoms with E-state index in [0.29, 0.717) is 18.2 Å². The van der Waals surface area contributed by atoms with Crippen molar-refractivity contribution >= 4 is 16.8 Å². The predicted octanol–water partition coefficient (Wildman–Crippen LogP) is 4.52. The second-order valence-corrected chi connectivity index (χ2v) is 9.42. The van der Waals surface area contributed by atoms with Gasteiger partial charge in [0, 0.05) is 35.8 Å². The summed E-state index contributed by atoms with van der Waals surface area (Å²) in [5.41, 5.74) is 5.22. The van der Waals surface area contributed by atoms with Crippen LogP contribution < -0.4 is 10.1 Å². The fraction of sp³-hybridized carbons (Fsp3) is 0.321. The highest BCUT2D eigenvalue weighted by atomic mass is 16.5. The minimum atomic E-state index is -0.224. The number of aromatic nitrogens is 3. The van der Waals surface area contributed by atoms with Gasteiger partial charge in [-0.1, -0.05) is 24.3 Å². The number of pyridine rings is 1. The Hall–Kier alpha value is -3.71. The van der Waals surface area contributed by atoms with Crippen LogP contribution in [0.25, 0.3) is 22.2 Å². The third-order valence-electron chi connectivity index (χ3n) is 6.90. The van der Waals surface area contributed by atoms with Gasteiger partial charge in [-0.15, -0.1) is 0 Å². The molecule has 0 aliphatic carbocycles. The highest BCUT2D eigenvalue weighted by Crippen LogP contribution is 2.29. The smallest absolute Gasteiger partial charge is 0.252 e. The molecule has 1 saturated heterocycles. The zero-order valence-corrected chi connectivity index (χ0v) is 20.7. The van der Waals surface area contributed by atoms with Crippen LogP contribution in [0.2, 0.25) is 0 Å². The molecule has 180 valence electrons. The Bertz CT molecular complexity index is 1380. The summed E-state index contributed by atoms with van der Waals surface area (Å²) < 4.78 is 7.76. The van der Waals surface area contributed by atoms with E-state index in [2.05, 4.69) is 22.4 Å². The van der Waals surface area contributed by atoms with Gasteiger partial charge in [0.1, 0.15) is 12.4 Å². The van der Waals surface area contributed by atoms with Gasteiger partial charge in [-0.2, -0.15) is 5.10 Å². The molecule has 1 aliphatic heterocycles. The maximum Gasteiger partial charge on any atom is 0.252 e. The molecule has 1 aliphatic rings. The molecule has 7 heteroatoms. The van der Waals surface area contributed by atoms with E-state index in [0.717, 1.165) is 52.0 Å². The van der Waals surface area contributed by atoms with E-state index < -0.39 is 0 Å². The molecular formula is C28H31N5O2. The minimum Gasteiger partial charge on any atom is -0.492 e. The third kappa shape index (κ3) is 4.77. The summed E-state index contributed by atoms with van der Waals surface area (Å²) in [6, 6.07) is 16.0. The van der Waals surface area contributed by atoms with E-state index in [4.69, 9.17) is 9.72 Å².